The van der Waals surface area contributed by atoms with Crippen LogP contribution in [0.2, 0.25) is 0 Å². The molecule has 1 fully saturated rings. The average Bonchev–Trinajstić information content (AvgIpc) is 2.76. The number of nitrogens with zero attached hydrogens (tertiary/aromatic N) is 3. The lowest BCUT2D eigenvalue weighted by molar-refractivity contribution is 0.636. The first kappa shape index (κ1) is 12.1. The van der Waals surface area contributed by atoms with E-state index in [0.29, 0.717) is 17.8 Å². The lowest BCUT2D eigenvalue weighted by Crippen LogP contribution is -2.29. The van der Waals surface area contributed by atoms with Crippen molar-refractivity contribution in [2.24, 2.45) is 0 Å². The zero-order chi connectivity index (χ0) is 12.4. The molecule has 1 atom stereocenters. The van der Waals surface area contributed by atoms with Gasteiger partial charge in [-0.1, -0.05) is 20.8 Å². The van der Waals surface area contributed by atoms with Crippen molar-refractivity contribution >= 4 is 11.6 Å². The summed E-state index contributed by atoms with van der Waals surface area (Å²) in [5.41, 5.74) is 5.87. The van der Waals surface area contributed by atoms with Gasteiger partial charge in [0.15, 0.2) is 0 Å². The zero-order valence-electron chi connectivity index (χ0n) is 11.0. The first-order chi connectivity index (χ1) is 8.11. The lowest BCUT2D eigenvalue weighted by atomic mass is 10.1. The molecule has 94 valence electrons. The maximum Gasteiger partial charge on any atom is 0.135 e. The van der Waals surface area contributed by atoms with Gasteiger partial charge in [-0.05, 0) is 19.3 Å². The summed E-state index contributed by atoms with van der Waals surface area (Å²) in [6, 6.07) is 2.52. The Kier molecular flexibility index (Phi) is 3.50. The maximum absolute atomic E-state index is 5.87. The summed E-state index contributed by atoms with van der Waals surface area (Å²) >= 11 is 0. The summed E-state index contributed by atoms with van der Waals surface area (Å²) in [5, 5.41) is 0. The van der Waals surface area contributed by atoms with E-state index in [1.807, 2.05) is 6.07 Å². The summed E-state index contributed by atoms with van der Waals surface area (Å²) in [5.74, 6) is 2.76. The summed E-state index contributed by atoms with van der Waals surface area (Å²) in [4.78, 5) is 11.3. The first-order valence-electron chi connectivity index (χ1n) is 6.53. The van der Waals surface area contributed by atoms with Gasteiger partial charge in [-0.3, -0.25) is 0 Å². The maximum atomic E-state index is 5.87. The van der Waals surface area contributed by atoms with Crippen LogP contribution in [0.5, 0.6) is 0 Å². The Morgan fingerprint density at radius 1 is 1.47 bits per heavy atom. The van der Waals surface area contributed by atoms with E-state index in [0.717, 1.165) is 18.2 Å². The van der Waals surface area contributed by atoms with Crippen LogP contribution in [0, 0.1) is 0 Å². The van der Waals surface area contributed by atoms with Gasteiger partial charge in [0.1, 0.15) is 17.5 Å². The standard InChI is InChI=1S/C13H22N4/c1-4-10-6-5-7-17(10)12-8-11(14)15-13(16-12)9(2)3/h8-10H,4-7H2,1-3H3,(H2,14,15,16). The van der Waals surface area contributed by atoms with E-state index in [-0.39, 0.29) is 0 Å². The van der Waals surface area contributed by atoms with Crippen LogP contribution in [-0.2, 0) is 0 Å². The van der Waals surface area contributed by atoms with Crippen LogP contribution in [0.25, 0.3) is 0 Å². The molecule has 0 saturated carbocycles. The largest absolute Gasteiger partial charge is 0.384 e. The predicted octanol–water partition coefficient (Wildman–Crippen LogP) is 2.56. The van der Waals surface area contributed by atoms with Crippen LogP contribution in [0.3, 0.4) is 0 Å². The second-order valence-electron chi connectivity index (χ2n) is 5.06. The number of aromatic nitrogens is 2. The molecular formula is C13H22N4. The Balaban J connectivity index is 2.31. The molecule has 1 aliphatic heterocycles. The highest BCUT2D eigenvalue weighted by Gasteiger charge is 2.24. The van der Waals surface area contributed by atoms with Crippen molar-refractivity contribution in [2.75, 3.05) is 17.2 Å². The highest BCUT2D eigenvalue weighted by Crippen LogP contribution is 2.27. The van der Waals surface area contributed by atoms with E-state index in [9.17, 15) is 0 Å². The van der Waals surface area contributed by atoms with Crippen molar-refractivity contribution in [2.45, 2.75) is 52.0 Å². The third kappa shape index (κ3) is 2.51. The molecule has 1 saturated heterocycles. The van der Waals surface area contributed by atoms with E-state index in [4.69, 9.17) is 5.73 Å². The van der Waals surface area contributed by atoms with Gasteiger partial charge in [0.05, 0.1) is 0 Å². The Morgan fingerprint density at radius 3 is 2.88 bits per heavy atom. The highest BCUT2D eigenvalue weighted by molar-refractivity contribution is 5.48. The summed E-state index contributed by atoms with van der Waals surface area (Å²) in [6.07, 6.45) is 3.68. The molecule has 0 aromatic carbocycles. The third-order valence-corrected chi connectivity index (χ3v) is 3.41. The monoisotopic (exact) mass is 234 g/mol. The van der Waals surface area contributed by atoms with Crippen molar-refractivity contribution in [3.8, 4) is 0 Å². The molecule has 4 nitrogen and oxygen atoms in total. The highest BCUT2D eigenvalue weighted by atomic mass is 15.2. The van der Waals surface area contributed by atoms with E-state index in [1.165, 1.54) is 19.3 Å². The van der Waals surface area contributed by atoms with Crippen molar-refractivity contribution in [3.63, 3.8) is 0 Å². The number of hydrogen-bond acceptors (Lipinski definition) is 4. The molecule has 4 heteroatoms. The molecule has 0 spiro atoms. The van der Waals surface area contributed by atoms with Crippen LogP contribution >= 0.6 is 0 Å². The van der Waals surface area contributed by atoms with Crippen molar-refractivity contribution in [3.05, 3.63) is 11.9 Å². The molecule has 2 rings (SSSR count). The second kappa shape index (κ2) is 4.90. The Morgan fingerprint density at radius 2 is 2.24 bits per heavy atom. The van der Waals surface area contributed by atoms with Gasteiger partial charge in [-0.15, -0.1) is 0 Å². The molecule has 0 bridgehead atoms. The van der Waals surface area contributed by atoms with E-state index >= 15 is 0 Å². The molecule has 2 N–H and O–H groups in total. The van der Waals surface area contributed by atoms with E-state index in [1.54, 1.807) is 0 Å². The van der Waals surface area contributed by atoms with Gasteiger partial charge < -0.3 is 10.6 Å². The van der Waals surface area contributed by atoms with Crippen molar-refractivity contribution in [1.82, 2.24) is 9.97 Å². The fourth-order valence-corrected chi connectivity index (χ4v) is 2.44. The molecule has 0 aliphatic carbocycles. The number of anilines is 2. The van der Waals surface area contributed by atoms with Gasteiger partial charge in [0.25, 0.3) is 0 Å². The Bertz CT molecular complexity index is 389. The predicted molar refractivity (Wildman–Crippen MR) is 71.2 cm³/mol. The molecule has 1 aromatic rings. The van der Waals surface area contributed by atoms with Crippen molar-refractivity contribution < 1.29 is 0 Å². The van der Waals surface area contributed by atoms with E-state index in [2.05, 4.69) is 35.6 Å². The SMILES string of the molecule is CCC1CCCN1c1cc(N)nc(C(C)C)n1. The number of nitrogen functional groups attached to an aromatic ring is 1. The summed E-state index contributed by atoms with van der Waals surface area (Å²) in [7, 11) is 0. The first-order valence-corrected chi connectivity index (χ1v) is 6.53. The number of rotatable bonds is 3. The fourth-order valence-electron chi connectivity index (χ4n) is 2.44. The van der Waals surface area contributed by atoms with Crippen LogP contribution in [0.1, 0.15) is 51.8 Å². The van der Waals surface area contributed by atoms with Gasteiger partial charge in [0.2, 0.25) is 0 Å². The lowest BCUT2D eigenvalue weighted by Gasteiger charge is -2.25. The van der Waals surface area contributed by atoms with Crippen LogP contribution < -0.4 is 10.6 Å². The molecular weight excluding hydrogens is 212 g/mol. The normalized spacial score (nSPS) is 20.2. The molecule has 1 aromatic heterocycles. The van der Waals surface area contributed by atoms with Gasteiger partial charge >= 0.3 is 0 Å². The quantitative estimate of drug-likeness (QED) is 0.873. The minimum absolute atomic E-state index is 0.319. The number of nitrogens with two attached hydrogens (primary N) is 1. The smallest absolute Gasteiger partial charge is 0.135 e. The van der Waals surface area contributed by atoms with Gasteiger partial charge in [-0.25, -0.2) is 9.97 Å². The molecule has 0 radical (unpaired) electrons. The molecule has 17 heavy (non-hydrogen) atoms. The van der Waals surface area contributed by atoms with Crippen LogP contribution in [0.4, 0.5) is 11.6 Å². The van der Waals surface area contributed by atoms with Crippen molar-refractivity contribution in [1.29, 1.82) is 0 Å². The molecule has 0 amide bonds. The number of hydrogen-bond donors (Lipinski definition) is 1. The summed E-state index contributed by atoms with van der Waals surface area (Å²) < 4.78 is 0. The summed E-state index contributed by atoms with van der Waals surface area (Å²) in [6.45, 7) is 7.52. The minimum atomic E-state index is 0.319. The molecule has 1 unspecified atom stereocenters. The molecule has 1 aliphatic rings. The Hall–Kier alpha value is -1.32. The Labute approximate surface area is 103 Å². The van der Waals surface area contributed by atoms with Gasteiger partial charge in [-0.2, -0.15) is 0 Å². The van der Waals surface area contributed by atoms with Gasteiger partial charge in [0, 0.05) is 24.6 Å². The minimum Gasteiger partial charge on any atom is -0.384 e. The van der Waals surface area contributed by atoms with Crippen LogP contribution in [-0.4, -0.2) is 22.6 Å². The van der Waals surface area contributed by atoms with Crippen LogP contribution in [0.15, 0.2) is 6.07 Å². The topological polar surface area (TPSA) is 55.0 Å². The zero-order valence-corrected chi connectivity index (χ0v) is 11.0. The third-order valence-electron chi connectivity index (χ3n) is 3.41. The fraction of sp³-hybridized carbons (Fsp3) is 0.692. The average molecular weight is 234 g/mol. The van der Waals surface area contributed by atoms with E-state index < -0.39 is 0 Å². The second-order valence-corrected chi connectivity index (χ2v) is 5.06. The molecule has 2 heterocycles.